The number of likely N-dealkylation sites (N-methyl/N-ethyl adjacent to an activating group) is 1. The third kappa shape index (κ3) is 1.90. The van der Waals surface area contributed by atoms with Gasteiger partial charge in [0.2, 0.25) is 0 Å². The molecule has 1 aromatic carbocycles. The van der Waals surface area contributed by atoms with Gasteiger partial charge in [0.15, 0.2) is 0 Å². The predicted octanol–water partition coefficient (Wildman–Crippen LogP) is 2.68. The first-order valence-electron chi connectivity index (χ1n) is 4.92. The zero-order valence-electron chi connectivity index (χ0n) is 8.76. The van der Waals surface area contributed by atoms with Crippen molar-refractivity contribution in [2.75, 3.05) is 13.6 Å². The number of rotatable bonds is 1. The van der Waals surface area contributed by atoms with Gasteiger partial charge in [-0.2, -0.15) is 0 Å². The topological polar surface area (TPSA) is 40.5 Å². The molecule has 0 radical (unpaired) electrons. The second-order valence-electron chi connectivity index (χ2n) is 3.98. The smallest absolute Gasteiger partial charge is 0.338 e. The van der Waals surface area contributed by atoms with E-state index < -0.39 is 5.97 Å². The van der Waals surface area contributed by atoms with Crippen molar-refractivity contribution in [3.8, 4) is 0 Å². The van der Waals surface area contributed by atoms with Crippen LogP contribution in [0.4, 0.5) is 0 Å². The number of nitrogens with zero attached hydrogens (tertiary/aromatic N) is 1. The lowest BCUT2D eigenvalue weighted by Crippen LogP contribution is -2.27. The molecule has 0 bridgehead atoms. The lowest BCUT2D eigenvalue weighted by molar-refractivity contribution is 0.0697. The van der Waals surface area contributed by atoms with Crippen LogP contribution in [0.25, 0.3) is 0 Å². The lowest BCUT2D eigenvalue weighted by atomic mass is 9.97. The normalized spacial score (nSPS) is 15.9. The molecule has 1 N–H and O–H groups in total. The molecule has 0 amide bonds. The van der Waals surface area contributed by atoms with E-state index in [1.807, 2.05) is 7.05 Å². The molecule has 1 aliphatic rings. The fourth-order valence-electron chi connectivity index (χ4n) is 1.99. The van der Waals surface area contributed by atoms with Crippen LogP contribution in [0.2, 0.25) is 10.0 Å². The Morgan fingerprint density at radius 1 is 1.50 bits per heavy atom. The van der Waals surface area contributed by atoms with Crippen molar-refractivity contribution >= 4 is 29.2 Å². The summed E-state index contributed by atoms with van der Waals surface area (Å²) in [4.78, 5) is 13.2. The monoisotopic (exact) mass is 259 g/mol. The van der Waals surface area contributed by atoms with E-state index in [9.17, 15) is 4.79 Å². The van der Waals surface area contributed by atoms with Crippen molar-refractivity contribution < 1.29 is 9.90 Å². The van der Waals surface area contributed by atoms with E-state index in [2.05, 4.69) is 4.90 Å². The lowest BCUT2D eigenvalue weighted by Gasteiger charge is -2.26. The van der Waals surface area contributed by atoms with Crippen LogP contribution in [-0.2, 0) is 13.0 Å². The number of carbonyl (C=O) groups is 1. The van der Waals surface area contributed by atoms with Crippen molar-refractivity contribution in [1.82, 2.24) is 4.90 Å². The maximum atomic E-state index is 11.0. The molecule has 0 saturated heterocycles. The summed E-state index contributed by atoms with van der Waals surface area (Å²) in [5.74, 6) is -1.07. The van der Waals surface area contributed by atoms with Gasteiger partial charge in [-0.1, -0.05) is 23.2 Å². The summed E-state index contributed by atoms with van der Waals surface area (Å²) in [6.07, 6.45) is 0.766. The van der Waals surface area contributed by atoms with Crippen molar-refractivity contribution in [3.63, 3.8) is 0 Å². The second-order valence-corrected chi connectivity index (χ2v) is 4.76. The van der Waals surface area contributed by atoms with Crippen LogP contribution in [0.5, 0.6) is 0 Å². The van der Waals surface area contributed by atoms with Crippen molar-refractivity contribution in [2.24, 2.45) is 0 Å². The molecule has 0 spiro atoms. The Labute approximate surface area is 104 Å². The minimum Gasteiger partial charge on any atom is -0.478 e. The van der Waals surface area contributed by atoms with E-state index in [0.717, 1.165) is 30.6 Å². The third-order valence-electron chi connectivity index (χ3n) is 2.81. The molecule has 0 atom stereocenters. The summed E-state index contributed by atoms with van der Waals surface area (Å²) < 4.78 is 0. The van der Waals surface area contributed by atoms with Gasteiger partial charge in [0, 0.05) is 13.1 Å². The Kier molecular flexibility index (Phi) is 3.10. The first kappa shape index (κ1) is 11.7. The largest absolute Gasteiger partial charge is 0.478 e. The van der Waals surface area contributed by atoms with Gasteiger partial charge in [-0.15, -0.1) is 0 Å². The van der Waals surface area contributed by atoms with E-state index >= 15 is 0 Å². The molecule has 0 unspecified atom stereocenters. The van der Waals surface area contributed by atoms with Gasteiger partial charge in [0.25, 0.3) is 0 Å². The van der Waals surface area contributed by atoms with Crippen LogP contribution >= 0.6 is 23.2 Å². The molecular weight excluding hydrogens is 249 g/mol. The molecule has 16 heavy (non-hydrogen) atoms. The summed E-state index contributed by atoms with van der Waals surface area (Å²) >= 11 is 12.0. The molecule has 86 valence electrons. The fourth-order valence-corrected chi connectivity index (χ4v) is 2.74. The Bertz CT molecular complexity index is 460. The van der Waals surface area contributed by atoms with Crippen LogP contribution in [0.3, 0.4) is 0 Å². The molecule has 3 nitrogen and oxygen atoms in total. The molecule has 2 rings (SSSR count). The molecule has 1 aromatic rings. The zero-order valence-corrected chi connectivity index (χ0v) is 10.3. The number of hydrogen-bond acceptors (Lipinski definition) is 2. The number of fused-ring (bicyclic) bond motifs is 1. The van der Waals surface area contributed by atoms with Crippen LogP contribution in [0, 0.1) is 0 Å². The van der Waals surface area contributed by atoms with E-state index in [1.54, 1.807) is 6.07 Å². The van der Waals surface area contributed by atoms with E-state index in [-0.39, 0.29) is 10.6 Å². The van der Waals surface area contributed by atoms with Gasteiger partial charge in [-0.25, -0.2) is 4.79 Å². The Morgan fingerprint density at radius 2 is 2.19 bits per heavy atom. The first-order chi connectivity index (χ1) is 7.50. The average molecular weight is 260 g/mol. The molecule has 0 fully saturated rings. The number of benzene rings is 1. The van der Waals surface area contributed by atoms with E-state index in [4.69, 9.17) is 28.3 Å². The Morgan fingerprint density at radius 3 is 2.81 bits per heavy atom. The van der Waals surface area contributed by atoms with Crippen LogP contribution in [0.1, 0.15) is 21.5 Å². The highest BCUT2D eigenvalue weighted by molar-refractivity contribution is 6.39. The zero-order chi connectivity index (χ0) is 11.9. The molecule has 0 saturated carbocycles. The number of carboxylic acids is 1. The van der Waals surface area contributed by atoms with Gasteiger partial charge in [-0.05, 0) is 30.7 Å². The third-order valence-corrected chi connectivity index (χ3v) is 3.52. The van der Waals surface area contributed by atoms with Crippen LogP contribution in [-0.4, -0.2) is 29.6 Å². The van der Waals surface area contributed by atoms with Crippen LogP contribution < -0.4 is 0 Å². The van der Waals surface area contributed by atoms with Gasteiger partial charge in [0.05, 0.1) is 15.6 Å². The Hall–Kier alpha value is -0.770. The number of aromatic carboxylic acids is 1. The number of carboxylic acid groups (broad SMARTS) is 1. The van der Waals surface area contributed by atoms with Gasteiger partial charge >= 0.3 is 5.97 Å². The number of hydrogen-bond donors (Lipinski definition) is 1. The highest BCUT2D eigenvalue weighted by Crippen LogP contribution is 2.34. The Balaban J connectivity index is 2.59. The maximum absolute atomic E-state index is 11.0. The van der Waals surface area contributed by atoms with Gasteiger partial charge in [0.1, 0.15) is 0 Å². The highest BCUT2D eigenvalue weighted by atomic mass is 35.5. The molecule has 5 heteroatoms. The molecule has 1 aliphatic heterocycles. The minimum absolute atomic E-state index is 0.0200. The highest BCUT2D eigenvalue weighted by Gasteiger charge is 2.23. The summed E-state index contributed by atoms with van der Waals surface area (Å²) in [6.45, 7) is 1.64. The van der Waals surface area contributed by atoms with Gasteiger partial charge < -0.3 is 10.0 Å². The average Bonchev–Trinajstić information content (AvgIpc) is 2.15. The second kappa shape index (κ2) is 4.24. The molecule has 0 aliphatic carbocycles. The first-order valence-corrected chi connectivity index (χ1v) is 5.68. The summed E-state index contributed by atoms with van der Waals surface area (Å²) in [5.41, 5.74) is 1.96. The fraction of sp³-hybridized carbons (Fsp3) is 0.364. The van der Waals surface area contributed by atoms with Gasteiger partial charge in [-0.3, -0.25) is 0 Å². The number of halogens is 2. The quantitative estimate of drug-likeness (QED) is 0.843. The summed E-state index contributed by atoms with van der Waals surface area (Å²) in [5, 5.41) is 9.53. The molecular formula is C11H11Cl2NO2. The van der Waals surface area contributed by atoms with Crippen molar-refractivity contribution in [1.29, 1.82) is 0 Å². The van der Waals surface area contributed by atoms with Crippen LogP contribution in [0.15, 0.2) is 6.07 Å². The summed E-state index contributed by atoms with van der Waals surface area (Å²) in [7, 11) is 2.01. The predicted molar refractivity (Wildman–Crippen MR) is 63.5 cm³/mol. The summed E-state index contributed by atoms with van der Waals surface area (Å²) in [6, 6.07) is 1.71. The van der Waals surface area contributed by atoms with Crippen molar-refractivity contribution in [2.45, 2.75) is 13.0 Å². The molecule has 0 aromatic heterocycles. The minimum atomic E-state index is -1.07. The maximum Gasteiger partial charge on any atom is 0.338 e. The molecule has 1 heterocycles. The standard InChI is InChI=1S/C11H11Cl2NO2/c1-14-3-2-7-6(5-14)4-8(12)9(10(7)13)11(15)16/h4H,2-3,5H2,1H3,(H,15,16). The van der Waals surface area contributed by atoms with E-state index in [1.165, 1.54) is 0 Å². The SMILES string of the molecule is CN1CCc2c(cc(Cl)c(C(=O)O)c2Cl)C1. The van der Waals surface area contributed by atoms with E-state index in [0.29, 0.717) is 5.02 Å². The van der Waals surface area contributed by atoms with Crippen molar-refractivity contribution in [3.05, 3.63) is 32.8 Å².